The number of allylic oxidation sites excluding steroid dienone is 1. The van der Waals surface area contributed by atoms with Gasteiger partial charge in [-0.1, -0.05) is 35.3 Å². The third-order valence-corrected chi connectivity index (χ3v) is 5.64. The van der Waals surface area contributed by atoms with Crippen LogP contribution in [0.5, 0.6) is 17.2 Å². The number of nitriles is 1. The Balaban J connectivity index is 1.65. The Morgan fingerprint density at radius 1 is 1.06 bits per heavy atom. The number of fused-ring (bicyclic) bond motifs is 1. The molecule has 6 nitrogen and oxygen atoms in total. The first-order chi connectivity index (χ1) is 15.9. The summed E-state index contributed by atoms with van der Waals surface area (Å²) in [6.07, 6.45) is 0. The van der Waals surface area contributed by atoms with E-state index in [4.69, 9.17) is 43.1 Å². The molecule has 0 aromatic heterocycles. The fourth-order valence-corrected chi connectivity index (χ4v) is 4.09. The van der Waals surface area contributed by atoms with Crippen molar-refractivity contribution in [2.75, 3.05) is 6.61 Å². The molecular formula is C25H18Cl2N2O4. The van der Waals surface area contributed by atoms with Gasteiger partial charge in [-0.15, -0.1) is 0 Å². The average molecular weight is 481 g/mol. The molecule has 166 valence electrons. The van der Waals surface area contributed by atoms with Crippen LogP contribution in [0.3, 0.4) is 0 Å². The van der Waals surface area contributed by atoms with Gasteiger partial charge in [-0.25, -0.2) is 4.79 Å². The number of rotatable bonds is 5. The number of nitrogens with zero attached hydrogens (tertiary/aromatic N) is 1. The molecule has 4 rings (SSSR count). The average Bonchev–Trinajstić information content (AvgIpc) is 2.79. The molecule has 33 heavy (non-hydrogen) atoms. The Morgan fingerprint density at radius 2 is 1.76 bits per heavy atom. The summed E-state index contributed by atoms with van der Waals surface area (Å²) in [6.45, 7) is 2.42. The van der Waals surface area contributed by atoms with Crippen LogP contribution >= 0.6 is 23.2 Å². The van der Waals surface area contributed by atoms with Crippen LogP contribution < -0.4 is 19.9 Å². The van der Waals surface area contributed by atoms with Gasteiger partial charge in [0.25, 0.3) is 0 Å². The normalized spacial score (nSPS) is 14.7. The van der Waals surface area contributed by atoms with Crippen LogP contribution in [0.2, 0.25) is 10.0 Å². The number of ether oxygens (including phenoxy) is 3. The molecule has 2 N–H and O–H groups in total. The van der Waals surface area contributed by atoms with E-state index in [9.17, 15) is 10.1 Å². The minimum Gasteiger partial charge on any atom is -0.494 e. The van der Waals surface area contributed by atoms with E-state index < -0.39 is 11.9 Å². The van der Waals surface area contributed by atoms with Crippen molar-refractivity contribution < 1.29 is 19.0 Å². The highest BCUT2D eigenvalue weighted by molar-refractivity contribution is 6.35. The van der Waals surface area contributed by atoms with E-state index in [2.05, 4.69) is 6.07 Å². The number of carbonyl (C=O) groups is 1. The number of hydrogen-bond donors (Lipinski definition) is 1. The van der Waals surface area contributed by atoms with Gasteiger partial charge in [-0.2, -0.15) is 5.26 Å². The van der Waals surface area contributed by atoms with Crippen LogP contribution in [0.1, 0.15) is 34.3 Å². The molecule has 0 aliphatic carbocycles. The fraction of sp³-hybridized carbons (Fsp3) is 0.120. The standard InChI is InChI=1S/C25H18Cl2N2O4/c1-2-31-16-6-3-14(4-7-16)25(30)32-17-8-10-19-22(12-17)33-24(29)20(13-28)23(19)18-9-5-15(26)11-21(18)27/h3-12,23H,2,29H2,1H3. The largest absolute Gasteiger partial charge is 0.494 e. The molecule has 0 bridgehead atoms. The third kappa shape index (κ3) is 4.61. The van der Waals surface area contributed by atoms with Gasteiger partial charge in [0.15, 0.2) is 0 Å². The van der Waals surface area contributed by atoms with Crippen LogP contribution in [0.4, 0.5) is 0 Å². The van der Waals surface area contributed by atoms with Crippen molar-refractivity contribution in [2.45, 2.75) is 12.8 Å². The summed E-state index contributed by atoms with van der Waals surface area (Å²) in [5.74, 6) is 0.155. The van der Waals surface area contributed by atoms with Crippen molar-refractivity contribution in [3.8, 4) is 23.3 Å². The zero-order valence-corrected chi connectivity index (χ0v) is 19.0. The monoisotopic (exact) mass is 480 g/mol. The van der Waals surface area contributed by atoms with Crippen molar-refractivity contribution in [1.82, 2.24) is 0 Å². The summed E-state index contributed by atoms with van der Waals surface area (Å²) >= 11 is 12.5. The fourth-order valence-electron chi connectivity index (χ4n) is 3.57. The molecule has 3 aromatic carbocycles. The molecule has 1 aliphatic rings. The first kappa shape index (κ1) is 22.5. The van der Waals surface area contributed by atoms with Crippen LogP contribution in [0, 0.1) is 11.3 Å². The van der Waals surface area contributed by atoms with Crippen LogP contribution in [-0.2, 0) is 0 Å². The number of halogens is 2. The highest BCUT2D eigenvalue weighted by atomic mass is 35.5. The first-order valence-electron chi connectivity index (χ1n) is 10.0. The molecule has 1 aliphatic heterocycles. The molecule has 0 radical (unpaired) electrons. The number of carbonyl (C=O) groups excluding carboxylic acids is 1. The van der Waals surface area contributed by atoms with Crippen molar-refractivity contribution >= 4 is 29.2 Å². The first-order valence-corrected chi connectivity index (χ1v) is 10.8. The predicted octanol–water partition coefficient (Wildman–Crippen LogP) is 5.83. The second kappa shape index (κ2) is 9.45. The molecule has 0 spiro atoms. The molecule has 1 unspecified atom stereocenters. The summed E-state index contributed by atoms with van der Waals surface area (Å²) in [5.41, 5.74) is 7.95. The lowest BCUT2D eigenvalue weighted by Crippen LogP contribution is -2.21. The van der Waals surface area contributed by atoms with E-state index in [1.807, 2.05) is 6.92 Å². The lowest BCUT2D eigenvalue weighted by Gasteiger charge is -2.27. The Bertz CT molecular complexity index is 1300. The van der Waals surface area contributed by atoms with E-state index >= 15 is 0 Å². The molecule has 0 amide bonds. The highest BCUT2D eigenvalue weighted by Crippen LogP contribution is 2.45. The smallest absolute Gasteiger partial charge is 0.343 e. The topological polar surface area (TPSA) is 94.6 Å². The van der Waals surface area contributed by atoms with E-state index in [1.54, 1.807) is 60.7 Å². The molecular weight excluding hydrogens is 463 g/mol. The second-order valence-electron chi connectivity index (χ2n) is 7.14. The molecule has 1 heterocycles. The zero-order chi connectivity index (χ0) is 23.5. The van der Waals surface area contributed by atoms with Gasteiger partial charge >= 0.3 is 5.97 Å². The van der Waals surface area contributed by atoms with E-state index in [0.29, 0.717) is 44.8 Å². The summed E-state index contributed by atoms with van der Waals surface area (Å²) in [4.78, 5) is 12.6. The van der Waals surface area contributed by atoms with Crippen molar-refractivity contribution in [2.24, 2.45) is 5.73 Å². The molecule has 8 heteroatoms. The molecule has 3 aromatic rings. The van der Waals surface area contributed by atoms with E-state index in [-0.39, 0.29) is 17.2 Å². The van der Waals surface area contributed by atoms with Gasteiger partial charge in [0.2, 0.25) is 5.88 Å². The Kier molecular flexibility index (Phi) is 6.45. The van der Waals surface area contributed by atoms with Crippen LogP contribution in [0.15, 0.2) is 72.1 Å². The summed E-state index contributed by atoms with van der Waals surface area (Å²) in [5, 5.41) is 10.6. The maximum absolute atomic E-state index is 12.6. The Hall–Kier alpha value is -3.66. The van der Waals surface area contributed by atoms with Gasteiger partial charge in [0.05, 0.1) is 18.1 Å². The number of hydrogen-bond acceptors (Lipinski definition) is 6. The maximum Gasteiger partial charge on any atom is 0.343 e. The maximum atomic E-state index is 12.6. The molecule has 0 saturated heterocycles. The summed E-state index contributed by atoms with van der Waals surface area (Å²) < 4.78 is 16.6. The van der Waals surface area contributed by atoms with Gasteiger partial charge in [-0.3, -0.25) is 0 Å². The molecule has 0 fully saturated rings. The Labute approximate surface area is 200 Å². The number of esters is 1. The summed E-state index contributed by atoms with van der Waals surface area (Å²) in [6, 6.07) is 18.7. The third-order valence-electron chi connectivity index (χ3n) is 5.08. The minimum absolute atomic E-state index is 0.0454. The Morgan fingerprint density at radius 3 is 2.42 bits per heavy atom. The lowest BCUT2D eigenvalue weighted by atomic mass is 9.83. The van der Waals surface area contributed by atoms with Crippen molar-refractivity contribution in [3.05, 3.63) is 98.9 Å². The van der Waals surface area contributed by atoms with Crippen LogP contribution in [-0.4, -0.2) is 12.6 Å². The zero-order valence-electron chi connectivity index (χ0n) is 17.5. The van der Waals surface area contributed by atoms with Crippen molar-refractivity contribution in [1.29, 1.82) is 5.26 Å². The second-order valence-corrected chi connectivity index (χ2v) is 7.98. The van der Waals surface area contributed by atoms with Gasteiger partial charge < -0.3 is 19.9 Å². The highest BCUT2D eigenvalue weighted by Gasteiger charge is 2.32. The quantitative estimate of drug-likeness (QED) is 0.364. The SMILES string of the molecule is CCOc1ccc(C(=O)Oc2ccc3c(c2)OC(N)=C(C#N)C3c2ccc(Cl)cc2Cl)cc1. The summed E-state index contributed by atoms with van der Waals surface area (Å²) in [7, 11) is 0. The number of nitrogens with two attached hydrogens (primary N) is 1. The molecule has 1 atom stereocenters. The van der Waals surface area contributed by atoms with Gasteiger partial charge in [0.1, 0.15) is 28.9 Å². The van der Waals surface area contributed by atoms with E-state index in [0.717, 1.165) is 0 Å². The minimum atomic E-state index is -0.556. The van der Waals surface area contributed by atoms with Gasteiger partial charge in [0, 0.05) is 21.7 Å². The predicted molar refractivity (Wildman–Crippen MR) is 125 cm³/mol. The molecule has 0 saturated carbocycles. The number of benzene rings is 3. The van der Waals surface area contributed by atoms with Gasteiger partial charge in [-0.05, 0) is 55.0 Å². The van der Waals surface area contributed by atoms with Crippen LogP contribution in [0.25, 0.3) is 0 Å². The lowest BCUT2D eigenvalue weighted by molar-refractivity contribution is 0.0734. The van der Waals surface area contributed by atoms with E-state index in [1.165, 1.54) is 0 Å². The van der Waals surface area contributed by atoms with Crippen molar-refractivity contribution in [3.63, 3.8) is 0 Å².